The van der Waals surface area contributed by atoms with Gasteiger partial charge in [0.05, 0.1) is 6.54 Å². The molecule has 1 aromatic heterocycles. The van der Waals surface area contributed by atoms with Crippen molar-refractivity contribution in [2.24, 2.45) is 4.99 Å². The maximum atomic E-state index is 12.9. The topological polar surface area (TPSA) is 84.6 Å². The van der Waals surface area contributed by atoms with Gasteiger partial charge in [-0.2, -0.15) is 4.98 Å². The Labute approximate surface area is 169 Å². The van der Waals surface area contributed by atoms with Gasteiger partial charge in [0.25, 0.3) is 0 Å². The predicted molar refractivity (Wildman–Crippen MR) is 109 cm³/mol. The molecular formula is C17H25FIN5O2. The Bertz CT molecular complexity index is 678. The van der Waals surface area contributed by atoms with Crippen molar-refractivity contribution < 1.29 is 13.7 Å². The van der Waals surface area contributed by atoms with Gasteiger partial charge in [0.2, 0.25) is 5.89 Å². The third-order valence-corrected chi connectivity index (χ3v) is 3.36. The predicted octanol–water partition coefficient (Wildman–Crippen LogP) is 2.70. The first-order chi connectivity index (χ1) is 12.1. The fourth-order valence-electron chi connectivity index (χ4n) is 2.14. The van der Waals surface area contributed by atoms with Crippen molar-refractivity contribution in [2.75, 3.05) is 20.1 Å². The molecule has 144 valence electrons. The molecule has 0 saturated carbocycles. The molecule has 0 aliphatic heterocycles. The van der Waals surface area contributed by atoms with Crippen LogP contribution in [-0.2, 0) is 6.42 Å². The van der Waals surface area contributed by atoms with E-state index >= 15 is 0 Å². The van der Waals surface area contributed by atoms with E-state index in [2.05, 4.69) is 25.8 Å². The minimum Gasteiger partial charge on any atom is -0.489 e. The number of nitrogens with zero attached hydrogens (tertiary/aromatic N) is 3. The smallest absolute Gasteiger partial charge is 0.226 e. The molecule has 1 unspecified atom stereocenters. The number of benzene rings is 1. The highest BCUT2D eigenvalue weighted by Crippen LogP contribution is 2.12. The summed E-state index contributed by atoms with van der Waals surface area (Å²) in [6.45, 7) is 5.03. The molecule has 0 amide bonds. The Morgan fingerprint density at radius 2 is 2.04 bits per heavy atom. The summed E-state index contributed by atoms with van der Waals surface area (Å²) in [6.07, 6.45) is 1.48. The molecule has 2 rings (SSSR count). The number of nitrogens with one attached hydrogen (secondary N) is 2. The largest absolute Gasteiger partial charge is 0.489 e. The number of guanidine groups is 1. The number of rotatable bonds is 8. The van der Waals surface area contributed by atoms with Crippen LogP contribution in [0.2, 0.25) is 0 Å². The van der Waals surface area contributed by atoms with Crippen molar-refractivity contribution in [1.82, 2.24) is 20.8 Å². The molecule has 0 radical (unpaired) electrons. The van der Waals surface area contributed by atoms with Gasteiger partial charge < -0.3 is 19.9 Å². The van der Waals surface area contributed by atoms with Crippen LogP contribution in [0, 0.1) is 12.7 Å². The zero-order chi connectivity index (χ0) is 18.1. The Hall–Kier alpha value is -1.91. The summed E-state index contributed by atoms with van der Waals surface area (Å²) >= 11 is 0. The molecule has 0 spiro atoms. The molecule has 0 saturated heterocycles. The first-order valence-corrected chi connectivity index (χ1v) is 8.22. The molecule has 26 heavy (non-hydrogen) atoms. The van der Waals surface area contributed by atoms with Gasteiger partial charge in [-0.05, 0) is 44.5 Å². The molecule has 1 aromatic carbocycles. The first kappa shape index (κ1) is 22.1. The summed E-state index contributed by atoms with van der Waals surface area (Å²) in [7, 11) is 1.71. The van der Waals surface area contributed by atoms with Gasteiger partial charge in [-0.15, -0.1) is 24.0 Å². The van der Waals surface area contributed by atoms with Crippen LogP contribution in [0.3, 0.4) is 0 Å². The summed E-state index contributed by atoms with van der Waals surface area (Å²) in [5, 5.41) is 10.2. The highest BCUT2D eigenvalue weighted by Gasteiger charge is 2.06. The van der Waals surface area contributed by atoms with E-state index in [1.807, 2.05) is 6.92 Å². The lowest BCUT2D eigenvalue weighted by Crippen LogP contribution is -2.42. The quantitative estimate of drug-likeness (QED) is 0.263. The van der Waals surface area contributed by atoms with Gasteiger partial charge in [-0.25, -0.2) is 4.39 Å². The monoisotopic (exact) mass is 477 g/mol. The number of hydrogen-bond donors (Lipinski definition) is 2. The van der Waals surface area contributed by atoms with Crippen molar-refractivity contribution >= 4 is 29.9 Å². The standard InChI is InChI=1S/C17H24FN5O2.HI/c1-12(24-15-8-6-14(18)7-9-15)11-21-17(19-3)20-10-4-5-16-22-13(2)23-25-16;/h6-9,12H,4-5,10-11H2,1-3H3,(H2,19,20,21);1H. The van der Waals surface area contributed by atoms with Crippen molar-refractivity contribution in [3.8, 4) is 5.75 Å². The minimum absolute atomic E-state index is 0. The van der Waals surface area contributed by atoms with E-state index in [4.69, 9.17) is 9.26 Å². The van der Waals surface area contributed by atoms with Gasteiger partial charge in [0, 0.05) is 20.0 Å². The summed E-state index contributed by atoms with van der Waals surface area (Å²) < 4.78 is 23.7. The third-order valence-electron chi connectivity index (χ3n) is 3.36. The van der Waals surface area contributed by atoms with Crippen LogP contribution >= 0.6 is 24.0 Å². The van der Waals surface area contributed by atoms with Gasteiger partial charge in [-0.1, -0.05) is 5.16 Å². The number of hydrogen-bond acceptors (Lipinski definition) is 5. The highest BCUT2D eigenvalue weighted by molar-refractivity contribution is 14.0. The first-order valence-electron chi connectivity index (χ1n) is 8.22. The zero-order valence-electron chi connectivity index (χ0n) is 15.2. The van der Waals surface area contributed by atoms with Gasteiger partial charge in [-0.3, -0.25) is 4.99 Å². The van der Waals surface area contributed by atoms with Gasteiger partial charge >= 0.3 is 0 Å². The number of halogens is 2. The molecule has 0 bridgehead atoms. The molecule has 1 heterocycles. The molecule has 7 nitrogen and oxygen atoms in total. The second-order valence-corrected chi connectivity index (χ2v) is 5.60. The third kappa shape index (κ3) is 7.98. The molecular weight excluding hydrogens is 452 g/mol. The van der Waals surface area contributed by atoms with E-state index in [0.29, 0.717) is 30.0 Å². The number of aromatic nitrogens is 2. The van der Waals surface area contributed by atoms with E-state index in [1.165, 1.54) is 12.1 Å². The van der Waals surface area contributed by atoms with Crippen LogP contribution in [0.1, 0.15) is 25.1 Å². The highest BCUT2D eigenvalue weighted by atomic mass is 127. The number of ether oxygens (including phenoxy) is 1. The van der Waals surface area contributed by atoms with E-state index in [1.54, 1.807) is 26.1 Å². The maximum Gasteiger partial charge on any atom is 0.226 e. The molecule has 2 N–H and O–H groups in total. The molecule has 9 heteroatoms. The fourth-order valence-corrected chi connectivity index (χ4v) is 2.14. The lowest BCUT2D eigenvalue weighted by molar-refractivity contribution is 0.223. The van der Waals surface area contributed by atoms with Crippen molar-refractivity contribution in [1.29, 1.82) is 0 Å². The van der Waals surface area contributed by atoms with Crippen molar-refractivity contribution in [3.05, 3.63) is 41.8 Å². The molecule has 2 aromatic rings. The summed E-state index contributed by atoms with van der Waals surface area (Å²) in [4.78, 5) is 8.33. The van der Waals surface area contributed by atoms with Crippen LogP contribution in [0.4, 0.5) is 4.39 Å². The van der Waals surface area contributed by atoms with Crippen LogP contribution in [0.15, 0.2) is 33.8 Å². The van der Waals surface area contributed by atoms with E-state index in [0.717, 1.165) is 19.4 Å². The van der Waals surface area contributed by atoms with Crippen molar-refractivity contribution in [2.45, 2.75) is 32.8 Å². The number of aliphatic imine (C=N–C) groups is 1. The summed E-state index contributed by atoms with van der Waals surface area (Å²) in [5.41, 5.74) is 0. The SMILES string of the molecule is CN=C(NCCCc1nc(C)no1)NCC(C)Oc1ccc(F)cc1.I. The molecule has 0 aliphatic carbocycles. The second-order valence-electron chi connectivity index (χ2n) is 5.60. The Kier molecular flexibility index (Phi) is 9.92. The summed E-state index contributed by atoms with van der Waals surface area (Å²) in [6, 6.07) is 5.97. The summed E-state index contributed by atoms with van der Waals surface area (Å²) in [5.74, 6) is 2.34. The molecule has 0 aliphatic rings. The van der Waals surface area contributed by atoms with Crippen LogP contribution in [0.5, 0.6) is 5.75 Å². The molecule has 0 fully saturated rings. The Morgan fingerprint density at radius 1 is 1.31 bits per heavy atom. The average Bonchev–Trinajstić information content (AvgIpc) is 3.01. The van der Waals surface area contributed by atoms with Gasteiger partial charge in [0.1, 0.15) is 17.7 Å². The fraction of sp³-hybridized carbons (Fsp3) is 0.471. The van der Waals surface area contributed by atoms with Crippen LogP contribution < -0.4 is 15.4 Å². The maximum absolute atomic E-state index is 12.9. The average molecular weight is 477 g/mol. The van der Waals surface area contributed by atoms with Crippen molar-refractivity contribution in [3.63, 3.8) is 0 Å². The second kappa shape index (κ2) is 11.7. The Morgan fingerprint density at radius 3 is 2.65 bits per heavy atom. The van der Waals surface area contributed by atoms with Gasteiger partial charge in [0.15, 0.2) is 11.8 Å². The van der Waals surface area contributed by atoms with Crippen LogP contribution in [-0.4, -0.2) is 42.3 Å². The van der Waals surface area contributed by atoms with E-state index in [9.17, 15) is 4.39 Å². The molecule has 1 atom stereocenters. The lowest BCUT2D eigenvalue weighted by atomic mass is 10.3. The minimum atomic E-state index is -0.279. The normalized spacial score (nSPS) is 12.2. The van der Waals surface area contributed by atoms with Crippen LogP contribution in [0.25, 0.3) is 0 Å². The lowest BCUT2D eigenvalue weighted by Gasteiger charge is -2.17. The number of aryl methyl sites for hydroxylation is 2. The Balaban J connectivity index is 0.00000338. The van der Waals surface area contributed by atoms with E-state index in [-0.39, 0.29) is 35.9 Å². The van der Waals surface area contributed by atoms with E-state index < -0.39 is 0 Å². The zero-order valence-corrected chi connectivity index (χ0v) is 17.5.